The third kappa shape index (κ3) is 4.99. The Morgan fingerprint density at radius 2 is 2.20 bits per heavy atom. The van der Waals surface area contributed by atoms with Gasteiger partial charge in [-0.25, -0.2) is 9.37 Å². The molecule has 1 amide bonds. The molecule has 1 aromatic carbocycles. The fourth-order valence-corrected chi connectivity index (χ4v) is 2.43. The zero-order chi connectivity index (χ0) is 17.6. The van der Waals surface area contributed by atoms with E-state index in [-0.39, 0.29) is 5.91 Å². The van der Waals surface area contributed by atoms with E-state index in [1.807, 2.05) is 28.8 Å². The Hall–Kier alpha value is -2.99. The van der Waals surface area contributed by atoms with E-state index in [9.17, 15) is 9.18 Å². The summed E-state index contributed by atoms with van der Waals surface area (Å²) in [5.41, 5.74) is 1.53. The first-order valence-corrected chi connectivity index (χ1v) is 7.82. The molecular weight excluding hydrogens is 343 g/mol. The number of hydrogen-bond donors (Lipinski definition) is 1. The van der Waals surface area contributed by atoms with Gasteiger partial charge in [-0.3, -0.25) is 9.78 Å². The molecule has 0 atom stereocenters. The van der Waals surface area contributed by atoms with E-state index >= 15 is 0 Å². The van der Waals surface area contributed by atoms with Crippen molar-refractivity contribution < 1.29 is 9.18 Å². The van der Waals surface area contributed by atoms with Crippen LogP contribution in [0.1, 0.15) is 11.1 Å². The Balaban J connectivity index is 1.60. The van der Waals surface area contributed by atoms with E-state index in [1.165, 1.54) is 24.4 Å². The monoisotopic (exact) mass is 356 g/mol. The number of halogens is 2. The van der Waals surface area contributed by atoms with Gasteiger partial charge in [-0.15, -0.1) is 0 Å². The van der Waals surface area contributed by atoms with Gasteiger partial charge in [-0.1, -0.05) is 23.7 Å². The Bertz CT molecular complexity index is 923. The summed E-state index contributed by atoms with van der Waals surface area (Å²) in [5, 5.41) is 3.32. The number of hydrogen-bond acceptors (Lipinski definition) is 3. The van der Waals surface area contributed by atoms with Crippen LogP contribution in [-0.4, -0.2) is 20.4 Å². The lowest BCUT2D eigenvalue weighted by Gasteiger charge is -2.02. The summed E-state index contributed by atoms with van der Waals surface area (Å²) in [4.78, 5) is 19.8. The Kier molecular flexibility index (Phi) is 5.20. The number of carbonyl (C=O) groups excluding carboxylic acids is 1. The fraction of sp³-hybridized carbons (Fsp3) is 0.0556. The number of anilines is 1. The molecule has 3 rings (SSSR count). The fourth-order valence-electron chi connectivity index (χ4n) is 2.22. The van der Waals surface area contributed by atoms with Crippen molar-refractivity contribution in [1.82, 2.24) is 14.5 Å². The molecule has 126 valence electrons. The van der Waals surface area contributed by atoms with E-state index in [4.69, 9.17) is 11.6 Å². The Morgan fingerprint density at radius 1 is 1.32 bits per heavy atom. The van der Waals surface area contributed by atoms with Gasteiger partial charge in [0.15, 0.2) is 5.82 Å². The summed E-state index contributed by atoms with van der Waals surface area (Å²) in [6.45, 7) is 0.591. The molecule has 2 heterocycles. The summed E-state index contributed by atoms with van der Waals surface area (Å²) in [6, 6.07) is 8.81. The number of carbonyl (C=O) groups is 1. The van der Waals surface area contributed by atoms with Crippen molar-refractivity contribution in [2.24, 2.45) is 0 Å². The van der Waals surface area contributed by atoms with Crippen LogP contribution in [0.5, 0.6) is 0 Å². The normalized spacial score (nSPS) is 11.0. The molecule has 0 aliphatic rings. The summed E-state index contributed by atoms with van der Waals surface area (Å²) >= 11 is 5.96. The van der Waals surface area contributed by atoms with Crippen molar-refractivity contribution in [2.75, 3.05) is 5.32 Å². The molecule has 0 aliphatic carbocycles. The second-order valence-corrected chi connectivity index (χ2v) is 5.76. The van der Waals surface area contributed by atoms with Crippen molar-refractivity contribution in [3.63, 3.8) is 0 Å². The average molecular weight is 357 g/mol. The predicted molar refractivity (Wildman–Crippen MR) is 94.6 cm³/mol. The Labute approximate surface area is 148 Å². The first-order valence-electron chi connectivity index (χ1n) is 7.44. The molecule has 1 N–H and O–H groups in total. The molecule has 5 nitrogen and oxygen atoms in total. The number of pyridine rings is 1. The molecule has 3 aromatic rings. The maximum absolute atomic E-state index is 13.0. The molecule has 0 aliphatic heterocycles. The zero-order valence-corrected chi connectivity index (χ0v) is 13.8. The minimum Gasteiger partial charge on any atom is -0.331 e. The maximum Gasteiger partial charge on any atom is 0.249 e. The zero-order valence-electron chi connectivity index (χ0n) is 13.1. The summed E-state index contributed by atoms with van der Waals surface area (Å²) < 4.78 is 14.9. The first kappa shape index (κ1) is 16.9. The van der Waals surface area contributed by atoms with Crippen molar-refractivity contribution in [3.05, 3.63) is 83.3 Å². The third-order valence-corrected chi connectivity index (χ3v) is 3.53. The molecule has 0 saturated carbocycles. The minimum absolute atomic E-state index is 0.364. The number of nitrogens with one attached hydrogen (secondary N) is 1. The molecule has 0 bridgehead atoms. The van der Waals surface area contributed by atoms with Crippen LogP contribution in [0, 0.1) is 5.82 Å². The standard InChI is InChI=1S/C18H14ClFN4O/c19-15-3-1-2-14(6-15)10-24-11-17(22-12-24)23-18(25)5-4-13-7-16(20)9-21-8-13/h1-9,11-12H,10H2,(H,23,25)/b5-4+. The molecular formula is C18H14ClFN4O. The quantitative estimate of drug-likeness (QED) is 0.708. The van der Waals surface area contributed by atoms with Crippen LogP contribution in [0.3, 0.4) is 0 Å². The van der Waals surface area contributed by atoms with E-state index in [2.05, 4.69) is 15.3 Å². The van der Waals surface area contributed by atoms with Crippen LogP contribution in [0.25, 0.3) is 6.08 Å². The van der Waals surface area contributed by atoms with Gasteiger partial charge in [0, 0.05) is 30.0 Å². The maximum atomic E-state index is 13.0. The van der Waals surface area contributed by atoms with E-state index in [0.717, 1.165) is 11.8 Å². The van der Waals surface area contributed by atoms with Gasteiger partial charge in [0.2, 0.25) is 5.91 Å². The number of rotatable bonds is 5. The second kappa shape index (κ2) is 7.72. The highest BCUT2D eigenvalue weighted by atomic mass is 35.5. The average Bonchev–Trinajstić information content (AvgIpc) is 3.00. The number of imidazole rings is 1. The van der Waals surface area contributed by atoms with Crippen molar-refractivity contribution in [1.29, 1.82) is 0 Å². The highest BCUT2D eigenvalue weighted by Gasteiger charge is 2.03. The Morgan fingerprint density at radius 3 is 3.00 bits per heavy atom. The van der Waals surface area contributed by atoms with Crippen LogP contribution in [0.2, 0.25) is 5.02 Å². The molecule has 0 spiro atoms. The van der Waals surface area contributed by atoms with Crippen molar-refractivity contribution in [2.45, 2.75) is 6.54 Å². The topological polar surface area (TPSA) is 59.8 Å². The number of aromatic nitrogens is 3. The van der Waals surface area contributed by atoms with Crippen LogP contribution in [-0.2, 0) is 11.3 Å². The van der Waals surface area contributed by atoms with Crippen molar-refractivity contribution >= 4 is 29.4 Å². The summed E-state index contributed by atoms with van der Waals surface area (Å²) in [7, 11) is 0. The van der Waals surface area contributed by atoms with Crippen LogP contribution < -0.4 is 5.32 Å². The molecule has 0 radical (unpaired) electrons. The van der Waals surface area contributed by atoms with Gasteiger partial charge in [0.05, 0.1) is 12.5 Å². The SMILES string of the molecule is O=C(/C=C/c1cncc(F)c1)Nc1cn(Cc2cccc(Cl)c2)cn1. The number of amides is 1. The van der Waals surface area contributed by atoms with Gasteiger partial charge < -0.3 is 9.88 Å². The van der Waals surface area contributed by atoms with Crippen LogP contribution >= 0.6 is 11.6 Å². The van der Waals surface area contributed by atoms with Gasteiger partial charge in [-0.05, 0) is 35.4 Å². The molecule has 25 heavy (non-hydrogen) atoms. The van der Waals surface area contributed by atoms with Gasteiger partial charge in [0.1, 0.15) is 5.82 Å². The molecule has 7 heteroatoms. The van der Waals surface area contributed by atoms with Crippen molar-refractivity contribution in [3.8, 4) is 0 Å². The van der Waals surface area contributed by atoms with E-state index in [1.54, 1.807) is 12.5 Å². The first-order chi connectivity index (χ1) is 12.1. The number of benzene rings is 1. The summed E-state index contributed by atoms with van der Waals surface area (Å²) in [5.74, 6) is -0.395. The molecule has 0 unspecified atom stereocenters. The van der Waals surface area contributed by atoms with Gasteiger partial charge in [0.25, 0.3) is 0 Å². The number of nitrogens with zero attached hydrogens (tertiary/aromatic N) is 3. The lowest BCUT2D eigenvalue weighted by Crippen LogP contribution is -2.08. The highest BCUT2D eigenvalue weighted by molar-refractivity contribution is 6.30. The minimum atomic E-state index is -0.456. The molecule has 0 fully saturated rings. The van der Waals surface area contributed by atoms with E-state index in [0.29, 0.717) is 22.9 Å². The smallest absolute Gasteiger partial charge is 0.249 e. The van der Waals surface area contributed by atoms with Gasteiger partial charge in [-0.2, -0.15) is 0 Å². The second-order valence-electron chi connectivity index (χ2n) is 5.32. The lowest BCUT2D eigenvalue weighted by molar-refractivity contribution is -0.111. The third-order valence-electron chi connectivity index (χ3n) is 3.29. The van der Waals surface area contributed by atoms with Crippen LogP contribution in [0.4, 0.5) is 10.2 Å². The summed E-state index contributed by atoms with van der Waals surface area (Å²) in [6.07, 6.45) is 8.68. The largest absolute Gasteiger partial charge is 0.331 e. The van der Waals surface area contributed by atoms with E-state index < -0.39 is 5.82 Å². The van der Waals surface area contributed by atoms with Crippen LogP contribution in [0.15, 0.2) is 61.3 Å². The lowest BCUT2D eigenvalue weighted by atomic mass is 10.2. The molecule has 0 saturated heterocycles. The van der Waals surface area contributed by atoms with Gasteiger partial charge >= 0.3 is 0 Å². The predicted octanol–water partition coefficient (Wildman–Crippen LogP) is 3.77. The molecule has 2 aromatic heterocycles. The highest BCUT2D eigenvalue weighted by Crippen LogP contribution is 2.13.